The van der Waals surface area contributed by atoms with Gasteiger partial charge in [0.2, 0.25) is 0 Å². The predicted octanol–water partition coefficient (Wildman–Crippen LogP) is 5.09. The van der Waals surface area contributed by atoms with Crippen LogP contribution in [0.25, 0.3) is 0 Å². The van der Waals surface area contributed by atoms with E-state index in [0.29, 0.717) is 13.0 Å². The van der Waals surface area contributed by atoms with E-state index in [1.165, 1.54) is 5.56 Å². The van der Waals surface area contributed by atoms with E-state index in [0.717, 1.165) is 72.8 Å². The quantitative estimate of drug-likeness (QED) is 0.254. The Morgan fingerprint density at radius 2 is 1.49 bits per heavy atom. The van der Waals surface area contributed by atoms with E-state index in [9.17, 15) is 4.79 Å². The number of benzene rings is 2. The van der Waals surface area contributed by atoms with Crippen LogP contribution in [0.15, 0.2) is 90.6 Å². The summed E-state index contributed by atoms with van der Waals surface area (Å²) in [5.41, 5.74) is 5.38. The van der Waals surface area contributed by atoms with E-state index in [1.54, 1.807) is 12.4 Å². The first-order valence-electron chi connectivity index (χ1n) is 12.8. The molecule has 0 saturated heterocycles. The Bertz CT molecular complexity index is 1320. The zero-order chi connectivity index (χ0) is 25.3. The molecule has 0 aliphatic carbocycles. The van der Waals surface area contributed by atoms with Crippen molar-refractivity contribution < 1.29 is 4.79 Å². The Labute approximate surface area is 217 Å². The predicted molar refractivity (Wildman–Crippen MR) is 145 cm³/mol. The van der Waals surface area contributed by atoms with Crippen LogP contribution < -0.4 is 0 Å². The van der Waals surface area contributed by atoms with Crippen molar-refractivity contribution in [2.45, 2.75) is 45.2 Å². The van der Waals surface area contributed by atoms with Gasteiger partial charge < -0.3 is 9.97 Å². The van der Waals surface area contributed by atoms with Gasteiger partial charge in [-0.15, -0.1) is 0 Å². The Kier molecular flexibility index (Phi) is 8.13. The molecule has 3 heterocycles. The number of aromatic nitrogens is 4. The summed E-state index contributed by atoms with van der Waals surface area (Å²) in [4.78, 5) is 34.7. The summed E-state index contributed by atoms with van der Waals surface area (Å²) in [6.45, 7) is 2.26. The lowest BCUT2D eigenvalue weighted by atomic mass is 9.99. The number of carbonyl (C=O) groups excluding carboxylic acids is 1. The maximum atomic E-state index is 12.9. The normalized spacial score (nSPS) is 12.8. The molecule has 0 spiro atoms. The molecule has 0 radical (unpaired) electrons. The fraction of sp³-hybridized carbons (Fsp3) is 0.267. The fourth-order valence-electron chi connectivity index (χ4n) is 4.59. The third-order valence-electron chi connectivity index (χ3n) is 6.55. The topological polar surface area (TPSA) is 90.0 Å². The number of nitrogens with zero attached hydrogens (tertiary/aromatic N) is 4. The average Bonchev–Trinajstić information content (AvgIpc) is 3.71. The number of aryl methyl sites for hydroxylation is 2. The van der Waals surface area contributed by atoms with Gasteiger partial charge in [-0.1, -0.05) is 54.6 Å². The summed E-state index contributed by atoms with van der Waals surface area (Å²) < 4.78 is 0. The number of hydrogen-bond donors (Lipinski definition) is 2. The highest BCUT2D eigenvalue weighted by Gasteiger charge is 2.14. The maximum absolute atomic E-state index is 12.9. The second-order valence-corrected chi connectivity index (χ2v) is 9.47. The van der Waals surface area contributed by atoms with Crippen molar-refractivity contribution >= 4 is 11.5 Å². The van der Waals surface area contributed by atoms with Gasteiger partial charge in [-0.2, -0.15) is 0 Å². The number of H-pyrrole nitrogens is 2. The van der Waals surface area contributed by atoms with E-state index >= 15 is 0 Å². The molecule has 0 unspecified atom stereocenters. The molecular formula is C30H32N6O. The summed E-state index contributed by atoms with van der Waals surface area (Å²) in [5, 5.41) is 0. The highest BCUT2D eigenvalue weighted by molar-refractivity contribution is 5.97. The number of imidazole rings is 2. The van der Waals surface area contributed by atoms with Crippen LogP contribution in [-0.2, 0) is 32.4 Å². The highest BCUT2D eigenvalue weighted by atomic mass is 16.1. The standard InChI is InChI=1S/C30H32N6O/c37-28(19-24-8-6-23(7-9-24)3-1-5-29-32-15-16-33-29)26-12-10-25(11-13-26)20-36(21-27-4-2-14-31-27)22-30-34-17-18-35-30/h2,6-18H,1,3-5,19-22H2,(H,32,33)(H,34,35). The van der Waals surface area contributed by atoms with Gasteiger partial charge in [0.05, 0.1) is 6.54 Å². The van der Waals surface area contributed by atoms with Crippen molar-refractivity contribution in [2.75, 3.05) is 6.54 Å². The smallest absolute Gasteiger partial charge is 0.167 e. The van der Waals surface area contributed by atoms with Gasteiger partial charge >= 0.3 is 0 Å². The Hall–Kier alpha value is -4.10. The van der Waals surface area contributed by atoms with E-state index < -0.39 is 0 Å². The lowest BCUT2D eigenvalue weighted by molar-refractivity contribution is 0.0993. The number of aliphatic imine (C=N–C) groups is 1. The summed E-state index contributed by atoms with van der Waals surface area (Å²) >= 11 is 0. The zero-order valence-electron chi connectivity index (χ0n) is 20.9. The molecule has 0 fully saturated rings. The monoisotopic (exact) mass is 492 g/mol. The van der Waals surface area contributed by atoms with Crippen molar-refractivity contribution in [3.8, 4) is 0 Å². The number of rotatable bonds is 13. The second kappa shape index (κ2) is 12.2. The molecule has 2 aromatic heterocycles. The molecule has 37 heavy (non-hydrogen) atoms. The first-order chi connectivity index (χ1) is 18.2. The van der Waals surface area contributed by atoms with Crippen LogP contribution in [0.4, 0.5) is 0 Å². The first kappa shape index (κ1) is 24.6. The van der Waals surface area contributed by atoms with Gasteiger partial charge in [0.25, 0.3) is 0 Å². The van der Waals surface area contributed by atoms with Gasteiger partial charge in [0.1, 0.15) is 11.6 Å². The van der Waals surface area contributed by atoms with E-state index in [2.05, 4.69) is 72.3 Å². The maximum Gasteiger partial charge on any atom is 0.167 e. The molecule has 188 valence electrons. The highest BCUT2D eigenvalue weighted by Crippen LogP contribution is 2.15. The average molecular weight is 493 g/mol. The molecule has 7 heteroatoms. The van der Waals surface area contributed by atoms with Crippen LogP contribution in [0, 0.1) is 0 Å². The molecule has 0 amide bonds. The number of hydrogen-bond acceptors (Lipinski definition) is 5. The van der Waals surface area contributed by atoms with Gasteiger partial charge in [0.15, 0.2) is 5.78 Å². The Morgan fingerprint density at radius 1 is 0.784 bits per heavy atom. The minimum Gasteiger partial charge on any atom is -0.349 e. The first-order valence-corrected chi connectivity index (χ1v) is 12.8. The van der Waals surface area contributed by atoms with Gasteiger partial charge in [-0.3, -0.25) is 14.7 Å². The number of nitrogens with one attached hydrogen (secondary N) is 2. The molecule has 7 nitrogen and oxygen atoms in total. The van der Waals surface area contributed by atoms with Gasteiger partial charge in [-0.25, -0.2) is 9.97 Å². The van der Waals surface area contributed by atoms with Gasteiger partial charge in [-0.05, 0) is 29.5 Å². The number of aromatic amines is 2. The molecule has 4 aromatic rings. The molecule has 0 bridgehead atoms. The third kappa shape index (κ3) is 7.21. The number of carbonyl (C=O) groups is 1. The zero-order valence-corrected chi connectivity index (χ0v) is 20.9. The van der Waals surface area contributed by atoms with Crippen molar-refractivity contribution in [1.29, 1.82) is 0 Å². The van der Waals surface area contributed by atoms with Crippen LogP contribution in [0.2, 0.25) is 0 Å². The molecule has 0 saturated carbocycles. The van der Waals surface area contributed by atoms with Crippen molar-refractivity contribution in [3.63, 3.8) is 0 Å². The lowest BCUT2D eigenvalue weighted by Crippen LogP contribution is -2.29. The SMILES string of the molecule is O=C(Cc1ccc(CCCc2ncc[nH]2)cc1)c1ccc(CN(CC2=NC=CC2)Cc2ncc[nH]2)cc1. The fourth-order valence-corrected chi connectivity index (χ4v) is 4.59. The summed E-state index contributed by atoms with van der Waals surface area (Å²) in [6, 6.07) is 16.4. The van der Waals surface area contributed by atoms with Crippen molar-refractivity contribution in [1.82, 2.24) is 24.8 Å². The van der Waals surface area contributed by atoms with Crippen LogP contribution in [0.3, 0.4) is 0 Å². The van der Waals surface area contributed by atoms with Crippen LogP contribution in [-0.4, -0.2) is 42.9 Å². The molecular weight excluding hydrogens is 460 g/mol. The number of allylic oxidation sites excluding steroid dienone is 1. The van der Waals surface area contributed by atoms with Crippen LogP contribution in [0.5, 0.6) is 0 Å². The molecule has 2 N–H and O–H groups in total. The second-order valence-electron chi connectivity index (χ2n) is 9.47. The van der Waals surface area contributed by atoms with Crippen molar-refractivity contribution in [3.05, 3.63) is 119 Å². The number of ketones is 1. The minimum atomic E-state index is 0.135. The number of Topliss-reactive ketones (excluding diaryl/α,β-unsaturated/α-hetero) is 1. The molecule has 5 rings (SSSR count). The van der Waals surface area contributed by atoms with Crippen molar-refractivity contribution in [2.24, 2.45) is 4.99 Å². The minimum absolute atomic E-state index is 0.135. The van der Waals surface area contributed by atoms with Crippen LogP contribution in [0.1, 0.15) is 51.5 Å². The van der Waals surface area contributed by atoms with E-state index in [1.807, 2.05) is 30.7 Å². The summed E-state index contributed by atoms with van der Waals surface area (Å²) in [6.07, 6.45) is 15.5. The largest absolute Gasteiger partial charge is 0.349 e. The molecule has 1 aliphatic heterocycles. The lowest BCUT2D eigenvalue weighted by Gasteiger charge is -2.21. The summed E-state index contributed by atoms with van der Waals surface area (Å²) in [5.74, 6) is 2.09. The van der Waals surface area contributed by atoms with E-state index in [-0.39, 0.29) is 5.78 Å². The molecule has 0 atom stereocenters. The Morgan fingerprint density at radius 3 is 2.16 bits per heavy atom. The van der Waals surface area contributed by atoms with Gasteiger partial charge in [0, 0.05) is 74.6 Å². The third-order valence-corrected chi connectivity index (χ3v) is 6.55. The summed E-state index contributed by atoms with van der Waals surface area (Å²) in [7, 11) is 0. The van der Waals surface area contributed by atoms with E-state index in [4.69, 9.17) is 0 Å². The molecule has 1 aliphatic rings. The van der Waals surface area contributed by atoms with Crippen LogP contribution >= 0.6 is 0 Å². The molecule has 2 aromatic carbocycles. The Balaban J connectivity index is 1.13.